The molecule has 0 radical (unpaired) electrons. The van der Waals surface area contributed by atoms with Gasteiger partial charge in [-0.3, -0.25) is 52.9 Å². The molecule has 0 aromatic carbocycles. The fourth-order valence-electron chi connectivity index (χ4n) is 8.94. The van der Waals surface area contributed by atoms with Crippen molar-refractivity contribution in [3.8, 4) is 0 Å². The van der Waals surface area contributed by atoms with Gasteiger partial charge in [-0.25, -0.2) is 0 Å². The van der Waals surface area contributed by atoms with E-state index in [-0.39, 0.29) is 107 Å². The molecular formula is C55H106N16O11. The van der Waals surface area contributed by atoms with Crippen LogP contribution in [0, 0.1) is 29.6 Å². The van der Waals surface area contributed by atoms with Crippen LogP contribution in [-0.4, -0.2) is 169 Å². The van der Waals surface area contributed by atoms with Crippen molar-refractivity contribution in [1.29, 1.82) is 0 Å². The van der Waals surface area contributed by atoms with Gasteiger partial charge in [0.15, 0.2) is 5.96 Å². The van der Waals surface area contributed by atoms with Crippen LogP contribution in [-0.2, 0) is 47.9 Å². The normalized spacial score (nSPS) is 15.5. The first-order valence-electron chi connectivity index (χ1n) is 29.2. The zero-order valence-electron chi connectivity index (χ0n) is 51.1. The monoisotopic (exact) mass is 1170 g/mol. The average Bonchev–Trinajstić information content (AvgIpc) is 3.47. The number of nitrogens with zero attached hydrogens (tertiary/aromatic N) is 2. The molecule has 0 saturated carbocycles. The number of rotatable bonds is 42. The van der Waals surface area contributed by atoms with Crippen molar-refractivity contribution in [1.82, 2.24) is 47.4 Å². The molecule has 0 bridgehead atoms. The number of primary amides is 1. The number of hydrogen-bond acceptors (Lipinski definition) is 15. The number of nitrogens with one attached hydrogen (secondary N) is 8. The zero-order valence-corrected chi connectivity index (χ0v) is 51.1. The van der Waals surface area contributed by atoms with Crippen LogP contribution in [0.1, 0.15) is 160 Å². The summed E-state index contributed by atoms with van der Waals surface area (Å²) in [7, 11) is 1.42. The van der Waals surface area contributed by atoms with Gasteiger partial charge in [0.05, 0.1) is 12.6 Å². The van der Waals surface area contributed by atoms with E-state index in [1.54, 1.807) is 13.8 Å². The Balaban J connectivity index is 7.14. The molecule has 0 aromatic rings. The van der Waals surface area contributed by atoms with Crippen molar-refractivity contribution in [2.24, 2.45) is 69.0 Å². The number of hydrogen-bond donors (Lipinski definition) is 15. The summed E-state index contributed by atoms with van der Waals surface area (Å²) in [6.07, 6.45) is 1.51. The fourth-order valence-corrected chi connectivity index (χ4v) is 8.94. The van der Waals surface area contributed by atoms with Crippen LogP contribution >= 0.6 is 0 Å². The minimum atomic E-state index is -1.63. The van der Waals surface area contributed by atoms with Crippen molar-refractivity contribution < 1.29 is 53.1 Å². The molecule has 0 fully saturated rings. The Bertz CT molecular complexity index is 2050. The van der Waals surface area contributed by atoms with Gasteiger partial charge in [0.1, 0.15) is 54.4 Å². The lowest BCUT2D eigenvalue weighted by Crippen LogP contribution is -2.62. The van der Waals surface area contributed by atoms with Gasteiger partial charge in [0.25, 0.3) is 0 Å². The largest absolute Gasteiger partial charge is 0.391 e. The Kier molecular flexibility index (Phi) is 37.1. The molecule has 21 N–H and O–H groups in total. The number of guanidine groups is 1. The molecule has 0 spiro atoms. The predicted molar refractivity (Wildman–Crippen MR) is 315 cm³/mol. The second kappa shape index (κ2) is 40.1. The first-order chi connectivity index (χ1) is 38.3. The summed E-state index contributed by atoms with van der Waals surface area (Å²) in [5.74, 6) is -8.37. The lowest BCUT2D eigenvalue weighted by atomic mass is 9.96. The van der Waals surface area contributed by atoms with E-state index in [1.807, 2.05) is 55.4 Å². The standard InChI is InChI=1S/C55H106N16O11/c1-13-34(10)44(52(80)65-36(19-14-16-22-56)48(76)70-45(35(11)72)53(81)67-40(27-32(6)7)50(78)66-38(46(59)74)25-30(2)3)69-47(75)37(20-18-24-62-55(60)61)64-51(79)42(21-15-17-23-57)71(12)54(82)41(28-33(8)9)68-49(77)39(26-31(4)5)63-43(73)29-58/h30-42,44-45,72H,13-29,56-58H2,1-12H3,(H2,59,74)(H,63,73)(H,64,79)(H,65,80)(H,66,78)(H,67,81)(H,68,77)(H,69,75)(H,70,76)(H4,60,61,62)/t34-,35+,36-,37-,38-,39-,40-,41-,42-,44-,45-/m0/s1. The molecule has 0 saturated heterocycles. The molecule has 0 unspecified atom stereocenters. The van der Waals surface area contributed by atoms with E-state index in [4.69, 9.17) is 34.4 Å². The van der Waals surface area contributed by atoms with Crippen molar-refractivity contribution in [3.05, 3.63) is 0 Å². The summed E-state index contributed by atoms with van der Waals surface area (Å²) in [6, 6.07) is -11.2. The summed E-state index contributed by atoms with van der Waals surface area (Å²) in [4.78, 5) is 143. The van der Waals surface area contributed by atoms with E-state index in [9.17, 15) is 53.1 Å². The predicted octanol–water partition coefficient (Wildman–Crippen LogP) is -1.94. The number of likely N-dealkylation sites (N-methyl/N-ethyl adjacent to an activating group) is 1. The molecule has 472 valence electrons. The van der Waals surface area contributed by atoms with Gasteiger partial charge >= 0.3 is 0 Å². The highest BCUT2D eigenvalue weighted by atomic mass is 16.3. The highest BCUT2D eigenvalue weighted by Gasteiger charge is 2.39. The number of amides is 10. The van der Waals surface area contributed by atoms with Gasteiger partial charge in [0.2, 0.25) is 59.1 Å². The van der Waals surface area contributed by atoms with Crippen LogP contribution in [0.15, 0.2) is 4.99 Å². The summed E-state index contributed by atoms with van der Waals surface area (Å²) < 4.78 is 0. The number of aliphatic hydroxyl groups excluding tert-OH is 1. The van der Waals surface area contributed by atoms with Crippen LogP contribution in [0.5, 0.6) is 0 Å². The molecule has 0 aromatic heterocycles. The number of unbranched alkanes of at least 4 members (excludes halogenated alkanes) is 2. The third-order valence-corrected chi connectivity index (χ3v) is 13.6. The Labute approximate surface area is 486 Å². The smallest absolute Gasteiger partial charge is 0.245 e. The van der Waals surface area contributed by atoms with Crippen molar-refractivity contribution in [3.63, 3.8) is 0 Å². The third kappa shape index (κ3) is 29.7. The Morgan fingerprint density at radius 2 is 0.854 bits per heavy atom. The van der Waals surface area contributed by atoms with Gasteiger partial charge < -0.3 is 86.9 Å². The second-order valence-corrected chi connectivity index (χ2v) is 23.1. The molecule has 11 atom stereocenters. The number of aliphatic hydroxyl groups is 1. The van der Waals surface area contributed by atoms with Crippen molar-refractivity contribution >= 4 is 65.0 Å². The average molecular weight is 1170 g/mol. The minimum absolute atomic E-state index is 0.00540. The van der Waals surface area contributed by atoms with Crippen molar-refractivity contribution in [2.45, 2.75) is 220 Å². The quantitative estimate of drug-likeness (QED) is 0.0180. The second-order valence-electron chi connectivity index (χ2n) is 23.1. The molecule has 27 nitrogen and oxygen atoms in total. The minimum Gasteiger partial charge on any atom is -0.391 e. The van der Waals surface area contributed by atoms with E-state index in [0.717, 1.165) is 0 Å². The molecular weight excluding hydrogens is 1060 g/mol. The van der Waals surface area contributed by atoms with E-state index in [2.05, 4.69) is 47.5 Å². The maximum absolute atomic E-state index is 14.6. The van der Waals surface area contributed by atoms with E-state index >= 15 is 0 Å². The summed E-state index contributed by atoms with van der Waals surface area (Å²) >= 11 is 0. The summed E-state index contributed by atoms with van der Waals surface area (Å²) in [5, 5.41) is 32.4. The molecule has 0 heterocycles. The van der Waals surface area contributed by atoms with Crippen LogP contribution in [0.4, 0.5) is 0 Å². The van der Waals surface area contributed by atoms with Crippen LogP contribution in [0.2, 0.25) is 0 Å². The molecule has 0 aliphatic rings. The Hall–Kier alpha value is -6.19. The number of carbonyl (C=O) groups is 10. The van der Waals surface area contributed by atoms with Gasteiger partial charge in [0, 0.05) is 13.6 Å². The number of nitrogens with two attached hydrogens (primary N) is 6. The highest BCUT2D eigenvalue weighted by molar-refractivity contribution is 5.98. The lowest BCUT2D eigenvalue weighted by Gasteiger charge is -2.33. The van der Waals surface area contributed by atoms with Crippen molar-refractivity contribution in [2.75, 3.05) is 33.2 Å². The van der Waals surface area contributed by atoms with E-state index in [0.29, 0.717) is 32.1 Å². The van der Waals surface area contributed by atoms with Gasteiger partial charge in [-0.15, -0.1) is 0 Å². The third-order valence-electron chi connectivity index (χ3n) is 13.6. The molecule has 82 heavy (non-hydrogen) atoms. The van der Waals surface area contributed by atoms with Gasteiger partial charge in [-0.05, 0) is 127 Å². The Morgan fingerprint density at radius 1 is 0.463 bits per heavy atom. The fraction of sp³-hybridized carbons (Fsp3) is 0.800. The molecule has 27 heteroatoms. The number of aliphatic imine (C=N–C) groups is 1. The summed E-state index contributed by atoms with van der Waals surface area (Å²) in [6.45, 7) is 19.8. The first kappa shape index (κ1) is 75.8. The van der Waals surface area contributed by atoms with Gasteiger partial charge in [-0.1, -0.05) is 75.7 Å². The topological polar surface area (TPSA) is 459 Å². The van der Waals surface area contributed by atoms with Crippen LogP contribution in [0.25, 0.3) is 0 Å². The lowest BCUT2D eigenvalue weighted by molar-refractivity contribution is -0.143. The maximum atomic E-state index is 14.6. The summed E-state index contributed by atoms with van der Waals surface area (Å²) in [5.41, 5.74) is 33.9. The van der Waals surface area contributed by atoms with Crippen LogP contribution < -0.4 is 76.9 Å². The number of carbonyl (C=O) groups excluding carboxylic acids is 10. The SMILES string of the molecule is CC[C@H](C)[C@H](NC(=O)[C@H](CCCN=C(N)N)NC(=O)[C@H](CCCCN)N(C)C(=O)[C@H](CC(C)C)NC(=O)[C@H](CC(C)C)NC(=O)CN)C(=O)N[C@@H](CCCCN)C(=O)N[C@H](C(=O)N[C@@H](CC(C)C)C(=O)N[C@@H](CC(C)C)C(N)=O)[C@@H](C)O. The highest BCUT2D eigenvalue weighted by Crippen LogP contribution is 2.18. The molecule has 10 amide bonds. The van der Waals surface area contributed by atoms with Gasteiger partial charge in [-0.2, -0.15) is 0 Å². The first-order valence-corrected chi connectivity index (χ1v) is 29.2. The maximum Gasteiger partial charge on any atom is 0.245 e. The van der Waals surface area contributed by atoms with E-state index in [1.165, 1.54) is 18.9 Å². The zero-order chi connectivity index (χ0) is 63.0. The van der Waals surface area contributed by atoms with E-state index < -0.39 is 125 Å². The molecule has 0 aliphatic heterocycles. The molecule has 0 rings (SSSR count). The van der Waals surface area contributed by atoms with Crippen LogP contribution in [0.3, 0.4) is 0 Å². The molecule has 0 aliphatic carbocycles. The Morgan fingerprint density at radius 3 is 1.30 bits per heavy atom.